The quantitative estimate of drug-likeness (QED) is 0.592. The van der Waals surface area contributed by atoms with E-state index in [4.69, 9.17) is 13.8 Å². The molecule has 1 N–H and O–H groups in total. The van der Waals surface area contributed by atoms with Crippen molar-refractivity contribution in [1.29, 1.82) is 0 Å². The number of hydrogen-bond donors (Lipinski definition) is 1. The molecule has 0 aliphatic rings. The average Bonchev–Trinajstić information content (AvgIpc) is 2.57. The van der Waals surface area contributed by atoms with Crippen molar-refractivity contribution in [3.05, 3.63) is 29.8 Å². The number of methoxy groups -OCH3 is 1. The van der Waals surface area contributed by atoms with Crippen molar-refractivity contribution in [2.24, 2.45) is 0 Å². The van der Waals surface area contributed by atoms with Gasteiger partial charge in [-0.1, -0.05) is 12.1 Å². The maximum atomic E-state index is 12.2. The van der Waals surface area contributed by atoms with Gasteiger partial charge in [0.15, 0.2) is 0 Å². The molecule has 0 unspecified atom stereocenters. The summed E-state index contributed by atoms with van der Waals surface area (Å²) >= 11 is 0. The standard InChI is InChI=1S/C13H18NO7P/c1-18-12(15)8-14-13(16)21-9-10-5-4-6-11(7-10)22(17,19-2)20-3/h4-7H,8-9H2,1-3H3,(H,14,16). The predicted molar refractivity (Wildman–Crippen MR) is 77.9 cm³/mol. The summed E-state index contributed by atoms with van der Waals surface area (Å²) in [5.41, 5.74) is 0.597. The van der Waals surface area contributed by atoms with Crippen molar-refractivity contribution in [3.8, 4) is 0 Å². The fraction of sp³-hybridized carbons (Fsp3) is 0.385. The van der Waals surface area contributed by atoms with Crippen molar-refractivity contribution in [3.63, 3.8) is 0 Å². The van der Waals surface area contributed by atoms with Gasteiger partial charge in [0.25, 0.3) is 0 Å². The van der Waals surface area contributed by atoms with Crippen LogP contribution in [-0.4, -0.2) is 39.9 Å². The lowest BCUT2D eigenvalue weighted by atomic mass is 10.2. The molecule has 1 rings (SSSR count). The van der Waals surface area contributed by atoms with Crippen LogP contribution in [0.3, 0.4) is 0 Å². The molecule has 1 amide bonds. The number of esters is 1. The van der Waals surface area contributed by atoms with Crippen molar-refractivity contribution in [1.82, 2.24) is 5.32 Å². The number of hydrogen-bond acceptors (Lipinski definition) is 7. The Kier molecular flexibility index (Phi) is 7.04. The molecule has 1 aromatic carbocycles. The number of nitrogens with one attached hydrogen (secondary N) is 1. The molecule has 1 aromatic rings. The zero-order valence-electron chi connectivity index (χ0n) is 12.5. The molecule has 0 saturated carbocycles. The molecular formula is C13H18NO7P. The largest absolute Gasteiger partial charge is 0.468 e. The molecule has 0 radical (unpaired) electrons. The third kappa shape index (κ3) is 5.14. The Morgan fingerprint density at radius 1 is 1.18 bits per heavy atom. The Balaban J connectivity index is 2.62. The van der Waals surface area contributed by atoms with Crippen LogP contribution in [0.15, 0.2) is 24.3 Å². The predicted octanol–water partition coefficient (Wildman–Crippen LogP) is 1.20. The molecule has 9 heteroatoms. The van der Waals surface area contributed by atoms with Crippen molar-refractivity contribution < 1.29 is 32.7 Å². The first-order chi connectivity index (χ1) is 10.4. The first-order valence-corrected chi connectivity index (χ1v) is 7.78. The second kappa shape index (κ2) is 8.53. The second-order valence-electron chi connectivity index (χ2n) is 4.04. The zero-order valence-corrected chi connectivity index (χ0v) is 13.4. The van der Waals surface area contributed by atoms with Gasteiger partial charge in [-0.25, -0.2) is 4.79 Å². The van der Waals surface area contributed by atoms with Gasteiger partial charge in [-0.15, -0.1) is 0 Å². The summed E-state index contributed by atoms with van der Waals surface area (Å²) in [6.07, 6.45) is -0.766. The van der Waals surface area contributed by atoms with Gasteiger partial charge in [0.05, 0.1) is 12.4 Å². The van der Waals surface area contributed by atoms with Gasteiger partial charge >= 0.3 is 19.7 Å². The van der Waals surface area contributed by atoms with Gasteiger partial charge < -0.3 is 23.8 Å². The van der Waals surface area contributed by atoms with Gasteiger partial charge in [0.1, 0.15) is 13.2 Å². The Bertz CT molecular complexity index is 567. The summed E-state index contributed by atoms with van der Waals surface area (Å²) in [6, 6.07) is 6.48. The molecule has 122 valence electrons. The third-order valence-corrected chi connectivity index (χ3v) is 4.55. The van der Waals surface area contributed by atoms with E-state index in [1.54, 1.807) is 24.3 Å². The minimum atomic E-state index is -3.36. The number of amides is 1. The molecule has 0 spiro atoms. The summed E-state index contributed by atoms with van der Waals surface area (Å²) in [7, 11) is 0.429. The summed E-state index contributed by atoms with van der Waals surface area (Å²) in [4.78, 5) is 22.2. The maximum absolute atomic E-state index is 12.2. The molecule has 0 saturated heterocycles. The van der Waals surface area contributed by atoms with Crippen LogP contribution in [0, 0.1) is 0 Å². The maximum Gasteiger partial charge on any atom is 0.407 e. The van der Waals surface area contributed by atoms with Gasteiger partial charge in [-0.2, -0.15) is 0 Å². The van der Waals surface area contributed by atoms with Crippen molar-refractivity contribution in [2.75, 3.05) is 27.9 Å². The molecule has 22 heavy (non-hydrogen) atoms. The lowest BCUT2D eigenvalue weighted by Crippen LogP contribution is -2.30. The Hall–Kier alpha value is -1.89. The van der Waals surface area contributed by atoms with Crippen LogP contribution in [0.4, 0.5) is 4.79 Å². The highest BCUT2D eigenvalue weighted by atomic mass is 31.2. The highest BCUT2D eigenvalue weighted by Gasteiger charge is 2.24. The summed E-state index contributed by atoms with van der Waals surface area (Å²) in [5.74, 6) is -0.583. The molecule has 0 fully saturated rings. The fourth-order valence-corrected chi connectivity index (χ4v) is 2.68. The van der Waals surface area contributed by atoms with Gasteiger partial charge in [0, 0.05) is 14.2 Å². The van der Waals surface area contributed by atoms with Gasteiger partial charge in [-0.05, 0) is 17.7 Å². The Morgan fingerprint density at radius 2 is 1.86 bits per heavy atom. The number of carbonyl (C=O) groups is 2. The smallest absolute Gasteiger partial charge is 0.407 e. The zero-order chi connectivity index (χ0) is 16.6. The van der Waals surface area contributed by atoms with Gasteiger partial charge in [0.2, 0.25) is 0 Å². The highest BCUT2D eigenvalue weighted by molar-refractivity contribution is 7.62. The van der Waals surface area contributed by atoms with E-state index < -0.39 is 19.7 Å². The van der Waals surface area contributed by atoms with E-state index in [0.29, 0.717) is 10.9 Å². The molecule has 8 nitrogen and oxygen atoms in total. The van der Waals surface area contributed by atoms with E-state index in [1.807, 2.05) is 0 Å². The molecule has 0 heterocycles. The monoisotopic (exact) mass is 331 g/mol. The van der Waals surface area contributed by atoms with Crippen LogP contribution in [0.25, 0.3) is 0 Å². The topological polar surface area (TPSA) is 100 Å². The van der Waals surface area contributed by atoms with Crippen LogP contribution in [0.2, 0.25) is 0 Å². The first kappa shape index (κ1) is 18.2. The lowest BCUT2D eigenvalue weighted by molar-refractivity contribution is -0.139. The van der Waals surface area contributed by atoms with E-state index in [-0.39, 0.29) is 13.2 Å². The number of carbonyl (C=O) groups excluding carboxylic acids is 2. The molecule has 0 aliphatic heterocycles. The number of benzene rings is 1. The Morgan fingerprint density at radius 3 is 2.45 bits per heavy atom. The van der Waals surface area contributed by atoms with Crippen LogP contribution in [-0.2, 0) is 34.5 Å². The van der Waals surface area contributed by atoms with Crippen LogP contribution >= 0.6 is 7.60 Å². The first-order valence-electron chi connectivity index (χ1n) is 6.23. The number of rotatable bonds is 7. The lowest BCUT2D eigenvalue weighted by Gasteiger charge is -2.14. The number of alkyl carbamates (subject to hydrolysis) is 1. The fourth-order valence-electron chi connectivity index (χ4n) is 1.52. The van der Waals surface area contributed by atoms with E-state index in [9.17, 15) is 14.2 Å². The average molecular weight is 331 g/mol. The summed E-state index contributed by atoms with van der Waals surface area (Å²) in [5, 5.41) is 2.59. The SMILES string of the molecule is COC(=O)CNC(=O)OCc1cccc(P(=O)(OC)OC)c1. The molecule has 0 bridgehead atoms. The second-order valence-corrected chi connectivity index (χ2v) is 6.28. The molecular weight excluding hydrogens is 313 g/mol. The van der Waals surface area contributed by atoms with E-state index in [2.05, 4.69) is 10.1 Å². The highest BCUT2D eigenvalue weighted by Crippen LogP contribution is 2.44. The molecule has 0 aliphatic carbocycles. The van der Waals surface area contributed by atoms with Crippen LogP contribution in [0.5, 0.6) is 0 Å². The third-order valence-electron chi connectivity index (χ3n) is 2.68. The summed E-state index contributed by atoms with van der Waals surface area (Å²) in [6.45, 7) is -0.341. The number of ether oxygens (including phenoxy) is 2. The molecule has 0 atom stereocenters. The van der Waals surface area contributed by atoms with Crippen LogP contribution < -0.4 is 10.6 Å². The van der Waals surface area contributed by atoms with E-state index >= 15 is 0 Å². The minimum absolute atomic E-state index is 0.0612. The van der Waals surface area contributed by atoms with Crippen LogP contribution in [0.1, 0.15) is 5.56 Å². The van der Waals surface area contributed by atoms with E-state index in [1.165, 1.54) is 21.3 Å². The normalized spacial score (nSPS) is 10.9. The van der Waals surface area contributed by atoms with Gasteiger partial charge in [-0.3, -0.25) is 9.36 Å². The van der Waals surface area contributed by atoms with E-state index in [0.717, 1.165) is 0 Å². The van der Waals surface area contributed by atoms with Crippen molar-refractivity contribution >= 4 is 25.0 Å². The molecule has 0 aromatic heterocycles. The van der Waals surface area contributed by atoms with Crippen molar-refractivity contribution in [2.45, 2.75) is 6.61 Å². The summed E-state index contributed by atoms with van der Waals surface area (Å²) < 4.78 is 31.3. The minimum Gasteiger partial charge on any atom is -0.468 e. The Labute approximate surface area is 128 Å².